The molecule has 0 amide bonds. The summed E-state index contributed by atoms with van der Waals surface area (Å²) in [7, 11) is 0. The van der Waals surface area contributed by atoms with Gasteiger partial charge in [0.1, 0.15) is 5.76 Å². The van der Waals surface area contributed by atoms with Crippen LogP contribution in [0, 0.1) is 0 Å². The molecule has 1 aromatic heterocycles. The molecule has 1 saturated carbocycles. The van der Waals surface area contributed by atoms with E-state index in [-0.39, 0.29) is 11.6 Å². The highest BCUT2D eigenvalue weighted by molar-refractivity contribution is 5.03. The van der Waals surface area contributed by atoms with Gasteiger partial charge in [-0.2, -0.15) is 0 Å². The zero-order chi connectivity index (χ0) is 12.4. The summed E-state index contributed by atoms with van der Waals surface area (Å²) in [5, 5.41) is 3.51. The first-order valence-electron chi connectivity index (χ1n) is 7.22. The molecule has 1 saturated heterocycles. The average Bonchev–Trinajstić information content (AvgIpc) is 3.09. The van der Waals surface area contributed by atoms with Crippen LogP contribution in [-0.4, -0.2) is 18.2 Å². The molecule has 100 valence electrons. The predicted octanol–water partition coefficient (Wildman–Crippen LogP) is 3.42. The Hall–Kier alpha value is -0.800. The molecule has 3 heteroatoms. The van der Waals surface area contributed by atoms with Crippen molar-refractivity contribution in [1.82, 2.24) is 5.32 Å². The molecule has 18 heavy (non-hydrogen) atoms. The van der Waals surface area contributed by atoms with E-state index >= 15 is 0 Å². The number of hydrogen-bond acceptors (Lipinski definition) is 3. The van der Waals surface area contributed by atoms with Crippen LogP contribution in [0.15, 0.2) is 22.8 Å². The molecule has 0 radical (unpaired) electrons. The molecule has 0 aromatic carbocycles. The van der Waals surface area contributed by atoms with E-state index < -0.39 is 0 Å². The third-order valence-corrected chi connectivity index (χ3v) is 4.48. The van der Waals surface area contributed by atoms with E-state index in [0.29, 0.717) is 6.10 Å². The van der Waals surface area contributed by atoms with Gasteiger partial charge in [-0.15, -0.1) is 0 Å². The molecule has 1 spiro atoms. The summed E-state index contributed by atoms with van der Waals surface area (Å²) in [6.45, 7) is 3.07. The SMILES string of the molecule is CC(NCC1CCC2(CCCC2)O1)c1ccco1. The molecule has 1 aromatic rings. The Balaban J connectivity index is 1.47. The molecule has 2 fully saturated rings. The maximum atomic E-state index is 6.28. The van der Waals surface area contributed by atoms with E-state index in [9.17, 15) is 0 Å². The maximum Gasteiger partial charge on any atom is 0.120 e. The quantitative estimate of drug-likeness (QED) is 0.887. The normalized spacial score (nSPS) is 27.9. The highest BCUT2D eigenvalue weighted by Gasteiger charge is 2.41. The second-order valence-electron chi connectivity index (χ2n) is 5.81. The van der Waals surface area contributed by atoms with E-state index in [1.165, 1.54) is 38.5 Å². The van der Waals surface area contributed by atoms with E-state index in [1.807, 2.05) is 12.1 Å². The van der Waals surface area contributed by atoms with Crippen molar-refractivity contribution in [1.29, 1.82) is 0 Å². The van der Waals surface area contributed by atoms with Crippen molar-refractivity contribution in [3.63, 3.8) is 0 Å². The third kappa shape index (κ3) is 2.47. The average molecular weight is 249 g/mol. The highest BCUT2D eigenvalue weighted by Crippen LogP contribution is 2.43. The molecular weight excluding hydrogens is 226 g/mol. The van der Waals surface area contributed by atoms with Gasteiger partial charge in [-0.25, -0.2) is 0 Å². The van der Waals surface area contributed by atoms with Crippen molar-refractivity contribution in [3.05, 3.63) is 24.2 Å². The van der Waals surface area contributed by atoms with Crippen LogP contribution in [0.4, 0.5) is 0 Å². The lowest BCUT2D eigenvalue weighted by Crippen LogP contribution is -2.32. The monoisotopic (exact) mass is 249 g/mol. The molecule has 2 aliphatic rings. The molecule has 3 nitrogen and oxygen atoms in total. The Morgan fingerprint density at radius 2 is 2.22 bits per heavy atom. The molecular formula is C15H23NO2. The molecule has 0 bridgehead atoms. The molecule has 1 aliphatic heterocycles. The lowest BCUT2D eigenvalue weighted by molar-refractivity contribution is -0.0359. The Morgan fingerprint density at radius 1 is 1.39 bits per heavy atom. The minimum absolute atomic E-state index is 0.250. The Morgan fingerprint density at radius 3 is 2.94 bits per heavy atom. The van der Waals surface area contributed by atoms with Gasteiger partial charge in [0.15, 0.2) is 0 Å². The largest absolute Gasteiger partial charge is 0.468 e. The number of hydrogen-bond donors (Lipinski definition) is 1. The van der Waals surface area contributed by atoms with Gasteiger partial charge in [0.25, 0.3) is 0 Å². The highest BCUT2D eigenvalue weighted by atomic mass is 16.5. The molecule has 1 aliphatic carbocycles. The summed E-state index contributed by atoms with van der Waals surface area (Å²) in [5.41, 5.74) is 0.250. The predicted molar refractivity (Wildman–Crippen MR) is 70.4 cm³/mol. The van der Waals surface area contributed by atoms with Crippen molar-refractivity contribution in [2.45, 2.75) is 63.2 Å². The van der Waals surface area contributed by atoms with Crippen LogP contribution >= 0.6 is 0 Å². The van der Waals surface area contributed by atoms with E-state index in [1.54, 1.807) is 6.26 Å². The van der Waals surface area contributed by atoms with Crippen LogP contribution in [0.1, 0.15) is 57.3 Å². The second kappa shape index (κ2) is 5.06. The van der Waals surface area contributed by atoms with Crippen LogP contribution < -0.4 is 5.32 Å². The van der Waals surface area contributed by atoms with Gasteiger partial charge in [-0.1, -0.05) is 12.8 Å². The molecule has 3 rings (SSSR count). The molecule has 2 heterocycles. The summed E-state index contributed by atoms with van der Waals surface area (Å²) in [4.78, 5) is 0. The van der Waals surface area contributed by atoms with Crippen LogP contribution in [0.3, 0.4) is 0 Å². The van der Waals surface area contributed by atoms with Gasteiger partial charge < -0.3 is 14.5 Å². The zero-order valence-electron chi connectivity index (χ0n) is 11.2. The van der Waals surface area contributed by atoms with Crippen LogP contribution in [-0.2, 0) is 4.74 Å². The number of furan rings is 1. The molecule has 2 atom stereocenters. The number of ether oxygens (including phenoxy) is 1. The van der Waals surface area contributed by atoms with Gasteiger partial charge in [0.2, 0.25) is 0 Å². The Bertz CT molecular complexity index is 368. The maximum absolute atomic E-state index is 6.28. The number of nitrogens with one attached hydrogen (secondary N) is 1. The fraction of sp³-hybridized carbons (Fsp3) is 0.733. The first kappa shape index (κ1) is 12.2. The summed E-state index contributed by atoms with van der Waals surface area (Å²) >= 11 is 0. The van der Waals surface area contributed by atoms with Gasteiger partial charge in [0.05, 0.1) is 24.0 Å². The first-order valence-corrected chi connectivity index (χ1v) is 7.22. The van der Waals surface area contributed by atoms with Gasteiger partial charge >= 0.3 is 0 Å². The van der Waals surface area contributed by atoms with Crippen LogP contribution in [0.25, 0.3) is 0 Å². The minimum Gasteiger partial charge on any atom is -0.468 e. The molecule has 1 N–H and O–H groups in total. The van der Waals surface area contributed by atoms with E-state index in [4.69, 9.17) is 9.15 Å². The third-order valence-electron chi connectivity index (χ3n) is 4.48. The zero-order valence-corrected chi connectivity index (χ0v) is 11.2. The van der Waals surface area contributed by atoms with Crippen molar-refractivity contribution in [3.8, 4) is 0 Å². The first-order chi connectivity index (χ1) is 8.77. The summed E-state index contributed by atoms with van der Waals surface area (Å²) in [6, 6.07) is 4.22. The summed E-state index contributed by atoms with van der Waals surface area (Å²) in [5.74, 6) is 1.00. The lowest BCUT2D eigenvalue weighted by Gasteiger charge is -2.24. The fourth-order valence-electron chi connectivity index (χ4n) is 3.37. The summed E-state index contributed by atoms with van der Waals surface area (Å²) in [6.07, 6.45) is 9.83. The minimum atomic E-state index is 0.250. The lowest BCUT2D eigenvalue weighted by atomic mass is 9.98. The van der Waals surface area contributed by atoms with E-state index in [2.05, 4.69) is 12.2 Å². The molecule has 2 unspecified atom stereocenters. The van der Waals surface area contributed by atoms with Crippen molar-refractivity contribution in [2.75, 3.05) is 6.54 Å². The Labute approximate surface area is 109 Å². The van der Waals surface area contributed by atoms with Crippen molar-refractivity contribution in [2.24, 2.45) is 0 Å². The Kier molecular flexibility index (Phi) is 3.44. The smallest absolute Gasteiger partial charge is 0.120 e. The number of rotatable bonds is 4. The summed E-state index contributed by atoms with van der Waals surface area (Å²) < 4.78 is 11.7. The van der Waals surface area contributed by atoms with Crippen molar-refractivity contribution >= 4 is 0 Å². The topological polar surface area (TPSA) is 34.4 Å². The van der Waals surface area contributed by atoms with E-state index in [0.717, 1.165) is 12.3 Å². The van der Waals surface area contributed by atoms with Gasteiger partial charge in [-0.05, 0) is 44.7 Å². The second-order valence-corrected chi connectivity index (χ2v) is 5.81. The van der Waals surface area contributed by atoms with Crippen molar-refractivity contribution < 1.29 is 9.15 Å². The standard InChI is InChI=1S/C15H23NO2/c1-12(14-5-4-10-17-14)16-11-13-6-9-15(18-13)7-2-3-8-15/h4-5,10,12-13,16H,2-3,6-9,11H2,1H3. The van der Waals surface area contributed by atoms with Crippen LogP contribution in [0.2, 0.25) is 0 Å². The van der Waals surface area contributed by atoms with Crippen LogP contribution in [0.5, 0.6) is 0 Å². The fourth-order valence-corrected chi connectivity index (χ4v) is 3.37. The van der Waals surface area contributed by atoms with Gasteiger partial charge in [-0.3, -0.25) is 0 Å². The van der Waals surface area contributed by atoms with Gasteiger partial charge in [0, 0.05) is 6.54 Å².